The van der Waals surface area contributed by atoms with Gasteiger partial charge in [-0.3, -0.25) is 4.79 Å². The van der Waals surface area contributed by atoms with Gasteiger partial charge in [0, 0.05) is 12.1 Å². The van der Waals surface area contributed by atoms with E-state index in [-0.39, 0.29) is 11.7 Å². The number of rotatable bonds is 4. The third-order valence-electron chi connectivity index (χ3n) is 3.93. The minimum atomic E-state index is -0.237. The Balaban J connectivity index is 1.79. The number of hydrogen-bond donors (Lipinski definition) is 1. The second kappa shape index (κ2) is 7.09. The minimum Gasteiger partial charge on any atom is -0.348 e. The van der Waals surface area contributed by atoms with Crippen LogP contribution in [0.15, 0.2) is 72.8 Å². The predicted octanol–water partition coefficient (Wildman–Crippen LogP) is 4.73. The second-order valence-corrected chi connectivity index (χ2v) is 5.68. The lowest BCUT2D eigenvalue weighted by Gasteiger charge is -2.11. The van der Waals surface area contributed by atoms with Gasteiger partial charge in [-0.2, -0.15) is 0 Å². The van der Waals surface area contributed by atoms with E-state index in [9.17, 15) is 9.18 Å². The molecule has 0 aliphatic heterocycles. The van der Waals surface area contributed by atoms with Gasteiger partial charge in [0.1, 0.15) is 5.82 Å². The van der Waals surface area contributed by atoms with Crippen molar-refractivity contribution in [1.82, 2.24) is 5.32 Å². The van der Waals surface area contributed by atoms with Crippen LogP contribution < -0.4 is 5.32 Å². The Bertz CT molecular complexity index is 859. The molecule has 0 fully saturated rings. The molecule has 3 aromatic rings. The largest absolute Gasteiger partial charge is 0.348 e. The average molecular weight is 319 g/mol. The molecule has 1 N–H and O–H groups in total. The summed E-state index contributed by atoms with van der Waals surface area (Å²) in [5, 5.41) is 2.91. The van der Waals surface area contributed by atoms with Gasteiger partial charge in [-0.05, 0) is 41.3 Å². The van der Waals surface area contributed by atoms with Crippen molar-refractivity contribution in [3.63, 3.8) is 0 Å². The Morgan fingerprint density at radius 1 is 0.958 bits per heavy atom. The smallest absolute Gasteiger partial charge is 0.252 e. The van der Waals surface area contributed by atoms with Gasteiger partial charge in [0.2, 0.25) is 0 Å². The zero-order chi connectivity index (χ0) is 16.9. The summed E-state index contributed by atoms with van der Waals surface area (Å²) < 4.78 is 13.3. The number of aryl methyl sites for hydroxylation is 1. The monoisotopic (exact) mass is 319 g/mol. The van der Waals surface area contributed by atoms with Crippen LogP contribution in [0.4, 0.5) is 4.39 Å². The Kier molecular flexibility index (Phi) is 4.71. The number of nitrogens with one attached hydrogen (secondary N) is 1. The van der Waals surface area contributed by atoms with E-state index >= 15 is 0 Å². The molecular formula is C21H18FNO. The van der Waals surface area contributed by atoms with Gasteiger partial charge in [0.05, 0.1) is 0 Å². The molecule has 3 rings (SSSR count). The molecule has 0 atom stereocenters. The van der Waals surface area contributed by atoms with E-state index < -0.39 is 0 Å². The lowest BCUT2D eigenvalue weighted by Crippen LogP contribution is -2.23. The highest BCUT2D eigenvalue weighted by Gasteiger charge is 2.12. The summed E-state index contributed by atoms with van der Waals surface area (Å²) in [6.07, 6.45) is 0. The van der Waals surface area contributed by atoms with Gasteiger partial charge in [-0.15, -0.1) is 0 Å². The third kappa shape index (κ3) is 3.51. The fraction of sp³-hybridized carbons (Fsp3) is 0.0952. The van der Waals surface area contributed by atoms with Gasteiger partial charge in [-0.1, -0.05) is 60.7 Å². The number of amides is 1. The topological polar surface area (TPSA) is 29.1 Å². The Labute approximate surface area is 141 Å². The molecule has 0 heterocycles. The quantitative estimate of drug-likeness (QED) is 0.740. The first-order chi connectivity index (χ1) is 11.6. The molecule has 0 saturated heterocycles. The van der Waals surface area contributed by atoms with Crippen molar-refractivity contribution >= 4 is 5.91 Å². The van der Waals surface area contributed by atoms with Gasteiger partial charge < -0.3 is 5.32 Å². The first-order valence-corrected chi connectivity index (χ1v) is 7.83. The minimum absolute atomic E-state index is 0.142. The zero-order valence-electron chi connectivity index (χ0n) is 13.4. The Morgan fingerprint density at radius 3 is 2.42 bits per heavy atom. The summed E-state index contributed by atoms with van der Waals surface area (Å²) in [4.78, 5) is 12.6. The number of carbonyl (C=O) groups excluding carboxylic acids is 1. The van der Waals surface area contributed by atoms with Crippen LogP contribution in [0, 0.1) is 12.7 Å². The standard InChI is InChI=1S/C21H18FNO/c1-15-13-16(11-12-20(15)22)14-23-21(24)19-10-6-5-9-18(19)17-7-3-2-4-8-17/h2-13H,14H2,1H3,(H,23,24). The Morgan fingerprint density at radius 2 is 1.67 bits per heavy atom. The predicted molar refractivity (Wildman–Crippen MR) is 94.2 cm³/mol. The lowest BCUT2D eigenvalue weighted by molar-refractivity contribution is 0.0951. The summed E-state index contributed by atoms with van der Waals surface area (Å²) >= 11 is 0. The maximum absolute atomic E-state index is 13.3. The van der Waals surface area contributed by atoms with Gasteiger partial charge >= 0.3 is 0 Å². The first kappa shape index (κ1) is 15.9. The molecule has 3 aromatic carbocycles. The molecule has 0 aliphatic carbocycles. The van der Waals surface area contributed by atoms with Crippen LogP contribution in [0.5, 0.6) is 0 Å². The number of carbonyl (C=O) groups is 1. The van der Waals surface area contributed by atoms with E-state index in [1.807, 2.05) is 54.6 Å². The first-order valence-electron chi connectivity index (χ1n) is 7.83. The van der Waals surface area contributed by atoms with Crippen molar-refractivity contribution in [3.05, 3.63) is 95.3 Å². The van der Waals surface area contributed by atoms with E-state index in [0.717, 1.165) is 16.7 Å². The van der Waals surface area contributed by atoms with Crippen LogP contribution >= 0.6 is 0 Å². The van der Waals surface area contributed by atoms with Crippen molar-refractivity contribution in [3.8, 4) is 11.1 Å². The maximum Gasteiger partial charge on any atom is 0.252 e. The van der Waals surface area contributed by atoms with Gasteiger partial charge in [0.25, 0.3) is 5.91 Å². The van der Waals surface area contributed by atoms with E-state index in [4.69, 9.17) is 0 Å². The summed E-state index contributed by atoms with van der Waals surface area (Å²) in [5.41, 5.74) is 3.97. The van der Waals surface area contributed by atoms with Crippen molar-refractivity contribution in [1.29, 1.82) is 0 Å². The Hall–Kier alpha value is -2.94. The summed E-state index contributed by atoms with van der Waals surface area (Å²) in [6.45, 7) is 2.08. The molecule has 1 amide bonds. The van der Waals surface area contributed by atoms with Crippen LogP contribution in [0.25, 0.3) is 11.1 Å². The normalized spacial score (nSPS) is 10.4. The van der Waals surface area contributed by atoms with Crippen LogP contribution in [0.3, 0.4) is 0 Å². The van der Waals surface area contributed by atoms with E-state index in [2.05, 4.69) is 5.32 Å². The molecule has 3 heteroatoms. The van der Waals surface area contributed by atoms with Crippen molar-refractivity contribution in [2.24, 2.45) is 0 Å². The summed E-state index contributed by atoms with van der Waals surface area (Å²) in [7, 11) is 0. The fourth-order valence-corrected chi connectivity index (χ4v) is 2.64. The highest BCUT2D eigenvalue weighted by atomic mass is 19.1. The number of halogens is 1. The van der Waals surface area contributed by atoms with Crippen molar-refractivity contribution < 1.29 is 9.18 Å². The summed E-state index contributed by atoms with van der Waals surface area (Å²) in [6, 6.07) is 22.2. The number of hydrogen-bond acceptors (Lipinski definition) is 1. The molecule has 0 unspecified atom stereocenters. The molecule has 0 aromatic heterocycles. The molecule has 0 bridgehead atoms. The van der Waals surface area contributed by atoms with Gasteiger partial charge in [-0.25, -0.2) is 4.39 Å². The summed E-state index contributed by atoms with van der Waals surface area (Å²) in [5.74, 6) is -0.379. The average Bonchev–Trinajstić information content (AvgIpc) is 2.63. The highest BCUT2D eigenvalue weighted by Crippen LogP contribution is 2.23. The SMILES string of the molecule is Cc1cc(CNC(=O)c2ccccc2-c2ccccc2)ccc1F. The van der Waals surface area contributed by atoms with E-state index in [1.54, 1.807) is 19.1 Å². The van der Waals surface area contributed by atoms with Crippen molar-refractivity contribution in [2.45, 2.75) is 13.5 Å². The zero-order valence-corrected chi connectivity index (χ0v) is 13.4. The molecule has 0 saturated carbocycles. The van der Waals surface area contributed by atoms with Gasteiger partial charge in [0.15, 0.2) is 0 Å². The lowest BCUT2D eigenvalue weighted by atomic mass is 9.99. The molecule has 120 valence electrons. The number of benzene rings is 3. The molecule has 0 radical (unpaired) electrons. The van der Waals surface area contributed by atoms with Crippen LogP contribution in [0.1, 0.15) is 21.5 Å². The van der Waals surface area contributed by atoms with E-state index in [0.29, 0.717) is 17.7 Å². The molecule has 0 spiro atoms. The third-order valence-corrected chi connectivity index (χ3v) is 3.93. The maximum atomic E-state index is 13.3. The van der Waals surface area contributed by atoms with Crippen LogP contribution in [0.2, 0.25) is 0 Å². The van der Waals surface area contributed by atoms with Crippen molar-refractivity contribution in [2.75, 3.05) is 0 Å². The fourth-order valence-electron chi connectivity index (χ4n) is 2.64. The van der Waals surface area contributed by atoms with E-state index in [1.165, 1.54) is 6.07 Å². The molecule has 0 aliphatic rings. The molecule has 24 heavy (non-hydrogen) atoms. The molecular weight excluding hydrogens is 301 g/mol. The van der Waals surface area contributed by atoms with Crippen LogP contribution in [-0.4, -0.2) is 5.91 Å². The highest BCUT2D eigenvalue weighted by molar-refractivity contribution is 6.00. The second-order valence-electron chi connectivity index (χ2n) is 5.68. The van der Waals surface area contributed by atoms with Crippen LogP contribution in [-0.2, 0) is 6.54 Å². The molecule has 2 nitrogen and oxygen atoms in total.